The molecule has 2 atom stereocenters. The molecule has 0 aliphatic heterocycles. The summed E-state index contributed by atoms with van der Waals surface area (Å²) in [7, 11) is 0. The van der Waals surface area contributed by atoms with Crippen molar-refractivity contribution in [2.24, 2.45) is 0 Å². The van der Waals surface area contributed by atoms with E-state index in [0.717, 1.165) is 24.8 Å². The lowest BCUT2D eigenvalue weighted by Crippen LogP contribution is -2.54. The zero-order valence-corrected chi connectivity index (χ0v) is 25.2. The summed E-state index contributed by atoms with van der Waals surface area (Å²) in [6, 6.07) is 11.3. The van der Waals surface area contributed by atoms with E-state index in [-0.39, 0.29) is 24.1 Å². The van der Waals surface area contributed by atoms with Crippen molar-refractivity contribution >= 4 is 17.9 Å². The van der Waals surface area contributed by atoms with Gasteiger partial charge in [0.15, 0.2) is 0 Å². The number of aromatic hydroxyl groups is 1. The molecule has 0 saturated heterocycles. The highest BCUT2D eigenvalue weighted by atomic mass is 16.6. The van der Waals surface area contributed by atoms with Crippen LogP contribution in [0.15, 0.2) is 48.5 Å². The van der Waals surface area contributed by atoms with E-state index in [0.29, 0.717) is 24.1 Å². The fourth-order valence-corrected chi connectivity index (χ4v) is 4.39. The van der Waals surface area contributed by atoms with E-state index < -0.39 is 29.7 Å². The Kier molecular flexibility index (Phi) is 12.7. The van der Waals surface area contributed by atoms with E-state index >= 15 is 0 Å². The monoisotopic (exact) mass is 563 g/mol. The van der Waals surface area contributed by atoms with Crippen molar-refractivity contribution in [3.05, 3.63) is 65.2 Å². The van der Waals surface area contributed by atoms with Crippen molar-refractivity contribution in [3.63, 3.8) is 0 Å². The molecule has 0 aromatic heterocycles. The van der Waals surface area contributed by atoms with Gasteiger partial charge in [-0.05, 0) is 76.4 Å². The summed E-state index contributed by atoms with van der Waals surface area (Å²) in [6.45, 7) is 11.4. The maximum Gasteiger partial charge on any atom is 0.408 e. The third kappa shape index (κ3) is 11.2. The van der Waals surface area contributed by atoms with Gasteiger partial charge in [0.25, 0.3) is 0 Å². The number of phenolic OH excluding ortho intramolecular Hbond substituents is 1. The molecule has 8 nitrogen and oxygen atoms in total. The number of terminal acetylenes is 1. The van der Waals surface area contributed by atoms with E-state index in [1.165, 1.54) is 12.1 Å². The minimum absolute atomic E-state index is 0.0927. The van der Waals surface area contributed by atoms with Crippen molar-refractivity contribution in [2.45, 2.75) is 97.4 Å². The summed E-state index contributed by atoms with van der Waals surface area (Å²) >= 11 is 0. The van der Waals surface area contributed by atoms with Gasteiger partial charge in [-0.3, -0.25) is 9.59 Å². The fourth-order valence-electron chi connectivity index (χ4n) is 4.39. The van der Waals surface area contributed by atoms with Gasteiger partial charge in [0.2, 0.25) is 11.8 Å². The topological polar surface area (TPSA) is 108 Å². The molecule has 0 aliphatic carbocycles. The first-order valence-corrected chi connectivity index (χ1v) is 14.3. The second-order valence-electron chi connectivity index (χ2n) is 11.5. The maximum absolute atomic E-state index is 14.4. The molecule has 2 rings (SSSR count). The molecule has 2 aromatic rings. The molecule has 222 valence electrons. The number of rotatable bonds is 13. The van der Waals surface area contributed by atoms with E-state index in [1.54, 1.807) is 62.1 Å². The minimum atomic E-state index is -1.03. The average Bonchev–Trinajstić information content (AvgIpc) is 2.89. The van der Waals surface area contributed by atoms with Gasteiger partial charge in [0, 0.05) is 24.6 Å². The zero-order chi connectivity index (χ0) is 30.6. The summed E-state index contributed by atoms with van der Waals surface area (Å²) in [5.74, 6) is 1.94. The molecule has 0 aliphatic rings. The lowest BCUT2D eigenvalue weighted by Gasteiger charge is -2.35. The number of nitrogens with one attached hydrogen (secondary N) is 2. The van der Waals surface area contributed by atoms with E-state index in [1.807, 2.05) is 13.8 Å². The number of ether oxygens (including phenoxy) is 1. The number of amides is 3. The SMILES string of the molecule is C#Cc1ccc(C(C(=O)NC(C)C)N(CCCCCC)C(=O)C(Cc2ccc(O)cc2)NC(=O)OC(C)(C)C)cc1. The van der Waals surface area contributed by atoms with Crippen LogP contribution in [0.1, 0.15) is 90.0 Å². The molecule has 0 spiro atoms. The Hall–Kier alpha value is -3.99. The van der Waals surface area contributed by atoms with E-state index in [9.17, 15) is 19.5 Å². The lowest BCUT2D eigenvalue weighted by atomic mass is 9.98. The molecule has 8 heteroatoms. The van der Waals surface area contributed by atoms with Crippen LogP contribution in [0.25, 0.3) is 0 Å². The summed E-state index contributed by atoms with van der Waals surface area (Å²) in [5.41, 5.74) is 1.24. The normalized spacial score (nSPS) is 12.6. The summed E-state index contributed by atoms with van der Waals surface area (Å²) < 4.78 is 5.48. The van der Waals surface area contributed by atoms with Crippen molar-refractivity contribution in [1.82, 2.24) is 15.5 Å². The molecule has 2 unspecified atom stereocenters. The largest absolute Gasteiger partial charge is 0.508 e. The highest BCUT2D eigenvalue weighted by Gasteiger charge is 2.36. The van der Waals surface area contributed by atoms with Gasteiger partial charge < -0.3 is 25.4 Å². The predicted molar refractivity (Wildman–Crippen MR) is 161 cm³/mol. The average molecular weight is 564 g/mol. The fraction of sp³-hybridized carbons (Fsp3) is 0.485. The molecule has 0 heterocycles. The summed E-state index contributed by atoms with van der Waals surface area (Å²) in [6.07, 6.45) is 8.54. The van der Waals surface area contributed by atoms with Gasteiger partial charge in [0.05, 0.1) is 0 Å². The molecular formula is C33H45N3O5. The van der Waals surface area contributed by atoms with Gasteiger partial charge >= 0.3 is 6.09 Å². The van der Waals surface area contributed by atoms with Crippen LogP contribution >= 0.6 is 0 Å². The Morgan fingerprint density at radius 2 is 1.61 bits per heavy atom. The molecule has 3 N–H and O–H groups in total. The number of benzene rings is 2. The zero-order valence-electron chi connectivity index (χ0n) is 25.2. The second kappa shape index (κ2) is 15.7. The third-order valence-corrected chi connectivity index (χ3v) is 6.28. The number of hydrogen-bond acceptors (Lipinski definition) is 5. The van der Waals surface area contributed by atoms with Crippen molar-refractivity contribution in [3.8, 4) is 18.1 Å². The predicted octanol–water partition coefficient (Wildman–Crippen LogP) is 5.48. The van der Waals surface area contributed by atoms with Crippen LogP contribution in [0.5, 0.6) is 5.75 Å². The van der Waals surface area contributed by atoms with Crippen LogP contribution in [0.4, 0.5) is 4.79 Å². The van der Waals surface area contributed by atoms with Crippen LogP contribution in [0, 0.1) is 12.3 Å². The van der Waals surface area contributed by atoms with Crippen LogP contribution in [0.2, 0.25) is 0 Å². The van der Waals surface area contributed by atoms with Crippen LogP contribution in [0.3, 0.4) is 0 Å². The van der Waals surface area contributed by atoms with Crippen molar-refractivity contribution < 1.29 is 24.2 Å². The van der Waals surface area contributed by atoms with Gasteiger partial charge in [0.1, 0.15) is 23.4 Å². The van der Waals surface area contributed by atoms with Crippen LogP contribution in [-0.2, 0) is 20.7 Å². The van der Waals surface area contributed by atoms with E-state index in [2.05, 4.69) is 23.5 Å². The number of carbonyl (C=O) groups excluding carboxylic acids is 3. The smallest absolute Gasteiger partial charge is 0.408 e. The van der Waals surface area contributed by atoms with Crippen molar-refractivity contribution in [2.75, 3.05) is 6.54 Å². The quantitative estimate of drug-likeness (QED) is 0.221. The first-order chi connectivity index (χ1) is 19.3. The van der Waals surface area contributed by atoms with Crippen LogP contribution in [-0.4, -0.2) is 52.1 Å². The summed E-state index contributed by atoms with van der Waals surface area (Å²) in [4.78, 5) is 42.5. The number of hydrogen-bond donors (Lipinski definition) is 3. The van der Waals surface area contributed by atoms with Gasteiger partial charge in [-0.1, -0.05) is 56.4 Å². The number of phenols is 1. The summed E-state index contributed by atoms with van der Waals surface area (Å²) in [5, 5.41) is 15.5. The highest BCUT2D eigenvalue weighted by molar-refractivity contribution is 5.92. The van der Waals surface area contributed by atoms with Crippen LogP contribution < -0.4 is 10.6 Å². The van der Waals surface area contributed by atoms with Gasteiger partial charge in [-0.15, -0.1) is 6.42 Å². The highest BCUT2D eigenvalue weighted by Crippen LogP contribution is 2.25. The molecule has 0 saturated carbocycles. The number of nitrogens with zero attached hydrogens (tertiary/aromatic N) is 1. The van der Waals surface area contributed by atoms with E-state index in [4.69, 9.17) is 11.2 Å². The Morgan fingerprint density at radius 1 is 0.976 bits per heavy atom. The first-order valence-electron chi connectivity index (χ1n) is 14.3. The minimum Gasteiger partial charge on any atom is -0.508 e. The molecule has 41 heavy (non-hydrogen) atoms. The second-order valence-corrected chi connectivity index (χ2v) is 11.5. The molecular weight excluding hydrogens is 518 g/mol. The standard InChI is InChI=1S/C33H45N3O5/c1-8-10-11-12-21-36(29(30(38)34-23(3)4)26-17-13-24(9-2)14-18-26)31(39)28(35-32(40)41-33(5,6)7)22-25-15-19-27(37)20-16-25/h2,13-20,23,28-29,37H,8,10-12,21-22H2,1,3-7H3,(H,34,38)(H,35,40). The molecule has 0 fully saturated rings. The number of carbonyl (C=O) groups is 3. The molecule has 2 aromatic carbocycles. The Bertz CT molecular complexity index is 1180. The Labute approximate surface area is 244 Å². The number of unbranched alkanes of at least 4 members (excludes halogenated alkanes) is 3. The molecule has 3 amide bonds. The Balaban J connectivity index is 2.57. The van der Waals surface area contributed by atoms with Gasteiger partial charge in [-0.25, -0.2) is 4.79 Å². The maximum atomic E-state index is 14.4. The lowest BCUT2D eigenvalue weighted by molar-refractivity contribution is -0.142. The van der Waals surface area contributed by atoms with Crippen molar-refractivity contribution in [1.29, 1.82) is 0 Å². The molecule has 0 bridgehead atoms. The van der Waals surface area contributed by atoms with Gasteiger partial charge in [-0.2, -0.15) is 0 Å². The molecule has 0 radical (unpaired) electrons. The first kappa shape index (κ1) is 33.2. The Morgan fingerprint density at radius 3 is 2.15 bits per heavy atom. The number of alkyl carbamates (subject to hydrolysis) is 1. The third-order valence-electron chi connectivity index (χ3n) is 6.28.